The van der Waals surface area contributed by atoms with Crippen molar-refractivity contribution in [1.29, 1.82) is 0 Å². The number of hydrogen-bond acceptors (Lipinski definition) is 4. The van der Waals surface area contributed by atoms with Crippen LogP contribution in [0.5, 0.6) is 5.88 Å². The molecule has 136 valence electrons. The van der Waals surface area contributed by atoms with Crippen LogP contribution in [0.4, 0.5) is 0 Å². The summed E-state index contributed by atoms with van der Waals surface area (Å²) in [5.41, 5.74) is 1.60. The highest BCUT2D eigenvalue weighted by atomic mass is 16.5. The third-order valence-electron chi connectivity index (χ3n) is 4.43. The van der Waals surface area contributed by atoms with Crippen LogP contribution in [0.25, 0.3) is 0 Å². The van der Waals surface area contributed by atoms with Gasteiger partial charge in [0.25, 0.3) is 5.91 Å². The minimum atomic E-state index is -0.0550. The molecule has 0 spiro atoms. The average Bonchev–Trinajstić information content (AvgIpc) is 2.72. The van der Waals surface area contributed by atoms with Crippen molar-refractivity contribution in [1.82, 2.24) is 14.8 Å². The number of amides is 2. The zero-order valence-corrected chi connectivity index (χ0v) is 14.9. The number of pyridine rings is 1. The Morgan fingerprint density at radius 3 is 2.42 bits per heavy atom. The summed E-state index contributed by atoms with van der Waals surface area (Å²) >= 11 is 0. The number of nitrogens with zero attached hydrogens (tertiary/aromatic N) is 3. The second kappa shape index (κ2) is 8.47. The zero-order chi connectivity index (χ0) is 18.4. The average molecular weight is 353 g/mol. The molecule has 0 saturated carbocycles. The van der Waals surface area contributed by atoms with Gasteiger partial charge in [-0.3, -0.25) is 9.59 Å². The summed E-state index contributed by atoms with van der Waals surface area (Å²) in [5, 5.41) is 0. The first-order valence-corrected chi connectivity index (χ1v) is 8.87. The standard InChI is InChI=1S/C20H23N3O3/c1-2-19(24)22-10-12-23(13-11-22)20(25)17-8-9-21-18(14-17)26-15-16-6-4-3-5-7-16/h3-9,14H,2,10-13,15H2,1H3. The molecule has 1 aromatic carbocycles. The van der Waals surface area contributed by atoms with E-state index in [-0.39, 0.29) is 11.8 Å². The van der Waals surface area contributed by atoms with Crippen LogP contribution in [0.1, 0.15) is 29.3 Å². The van der Waals surface area contributed by atoms with Crippen molar-refractivity contribution in [3.63, 3.8) is 0 Å². The summed E-state index contributed by atoms with van der Waals surface area (Å²) in [5.74, 6) is 0.512. The smallest absolute Gasteiger partial charge is 0.254 e. The Hall–Kier alpha value is -2.89. The lowest BCUT2D eigenvalue weighted by atomic mass is 10.2. The second-order valence-electron chi connectivity index (χ2n) is 6.18. The molecule has 6 heteroatoms. The van der Waals surface area contributed by atoms with Crippen molar-refractivity contribution in [2.24, 2.45) is 0 Å². The van der Waals surface area contributed by atoms with Crippen molar-refractivity contribution in [3.8, 4) is 5.88 Å². The van der Waals surface area contributed by atoms with Gasteiger partial charge in [-0.05, 0) is 11.6 Å². The van der Waals surface area contributed by atoms with Crippen LogP contribution in [0, 0.1) is 0 Å². The third kappa shape index (κ3) is 4.39. The van der Waals surface area contributed by atoms with E-state index in [4.69, 9.17) is 4.74 Å². The molecule has 0 atom stereocenters. The maximum Gasteiger partial charge on any atom is 0.254 e. The molecule has 1 fully saturated rings. The highest BCUT2D eigenvalue weighted by molar-refractivity contribution is 5.94. The molecule has 2 aromatic rings. The van der Waals surface area contributed by atoms with Crippen LogP contribution >= 0.6 is 0 Å². The van der Waals surface area contributed by atoms with E-state index >= 15 is 0 Å². The van der Waals surface area contributed by atoms with Gasteiger partial charge in [-0.15, -0.1) is 0 Å². The fraction of sp³-hybridized carbons (Fsp3) is 0.350. The monoisotopic (exact) mass is 353 g/mol. The Balaban J connectivity index is 1.59. The molecular formula is C20H23N3O3. The molecule has 0 bridgehead atoms. The predicted molar refractivity (Wildman–Crippen MR) is 97.8 cm³/mol. The van der Waals surface area contributed by atoms with Crippen molar-refractivity contribution in [3.05, 3.63) is 59.8 Å². The summed E-state index contributed by atoms with van der Waals surface area (Å²) in [6.45, 7) is 4.53. The molecule has 1 aliphatic rings. The minimum Gasteiger partial charge on any atom is -0.473 e. The molecule has 1 saturated heterocycles. The molecule has 0 aliphatic carbocycles. The quantitative estimate of drug-likeness (QED) is 0.828. The number of ether oxygens (including phenoxy) is 1. The topological polar surface area (TPSA) is 62.7 Å². The summed E-state index contributed by atoms with van der Waals surface area (Å²) in [6.07, 6.45) is 2.09. The van der Waals surface area contributed by atoms with E-state index in [0.717, 1.165) is 5.56 Å². The first kappa shape index (κ1) is 17.9. The van der Waals surface area contributed by atoms with Crippen molar-refractivity contribution < 1.29 is 14.3 Å². The first-order chi connectivity index (χ1) is 12.7. The largest absolute Gasteiger partial charge is 0.473 e. The van der Waals surface area contributed by atoms with Gasteiger partial charge in [-0.25, -0.2) is 4.98 Å². The number of rotatable bonds is 5. The van der Waals surface area contributed by atoms with Gasteiger partial charge in [0.15, 0.2) is 0 Å². The van der Waals surface area contributed by atoms with Crippen LogP contribution in [0.3, 0.4) is 0 Å². The van der Waals surface area contributed by atoms with Crippen LogP contribution < -0.4 is 4.74 Å². The van der Waals surface area contributed by atoms with E-state index in [1.165, 1.54) is 0 Å². The van der Waals surface area contributed by atoms with Gasteiger partial charge < -0.3 is 14.5 Å². The predicted octanol–water partition coefficient (Wildman–Crippen LogP) is 2.36. The minimum absolute atomic E-state index is 0.0550. The molecule has 0 unspecified atom stereocenters. The lowest BCUT2D eigenvalue weighted by Crippen LogP contribution is -2.50. The SMILES string of the molecule is CCC(=O)N1CCN(C(=O)c2ccnc(OCc3ccccc3)c2)CC1. The maximum absolute atomic E-state index is 12.7. The molecule has 0 N–H and O–H groups in total. The van der Waals surface area contributed by atoms with Crippen molar-refractivity contribution in [2.75, 3.05) is 26.2 Å². The number of benzene rings is 1. The van der Waals surface area contributed by atoms with Gasteiger partial charge in [0.2, 0.25) is 11.8 Å². The van der Waals surface area contributed by atoms with E-state index in [0.29, 0.717) is 50.7 Å². The van der Waals surface area contributed by atoms with Crippen molar-refractivity contribution in [2.45, 2.75) is 20.0 Å². The lowest BCUT2D eigenvalue weighted by molar-refractivity contribution is -0.132. The van der Waals surface area contributed by atoms with Gasteiger partial charge in [0.05, 0.1) is 0 Å². The van der Waals surface area contributed by atoms with Gasteiger partial charge in [-0.1, -0.05) is 37.3 Å². The summed E-state index contributed by atoms with van der Waals surface area (Å²) in [6, 6.07) is 13.2. The van der Waals surface area contributed by atoms with Crippen LogP contribution in [-0.4, -0.2) is 52.8 Å². The molecule has 3 rings (SSSR count). The Bertz CT molecular complexity index is 756. The Labute approximate surface area is 153 Å². The van der Waals surface area contributed by atoms with Gasteiger partial charge in [0, 0.05) is 50.4 Å². The first-order valence-electron chi connectivity index (χ1n) is 8.87. The summed E-state index contributed by atoms with van der Waals surface area (Å²) in [7, 11) is 0. The molecule has 26 heavy (non-hydrogen) atoms. The molecular weight excluding hydrogens is 330 g/mol. The molecule has 6 nitrogen and oxygen atoms in total. The van der Waals surface area contributed by atoms with Gasteiger partial charge >= 0.3 is 0 Å². The number of hydrogen-bond donors (Lipinski definition) is 0. The van der Waals surface area contributed by atoms with E-state index in [1.807, 2.05) is 42.2 Å². The number of carbonyl (C=O) groups is 2. The molecule has 1 aliphatic heterocycles. The maximum atomic E-state index is 12.7. The Morgan fingerprint density at radius 1 is 1.04 bits per heavy atom. The van der Waals surface area contributed by atoms with Gasteiger partial charge in [-0.2, -0.15) is 0 Å². The van der Waals surface area contributed by atoms with E-state index in [2.05, 4.69) is 4.98 Å². The van der Waals surface area contributed by atoms with Crippen LogP contribution in [-0.2, 0) is 11.4 Å². The Morgan fingerprint density at radius 2 is 1.73 bits per heavy atom. The third-order valence-corrected chi connectivity index (χ3v) is 4.43. The Kier molecular flexibility index (Phi) is 5.84. The lowest BCUT2D eigenvalue weighted by Gasteiger charge is -2.34. The second-order valence-corrected chi connectivity index (χ2v) is 6.18. The number of aromatic nitrogens is 1. The summed E-state index contributed by atoms with van der Waals surface area (Å²) in [4.78, 5) is 32.2. The highest BCUT2D eigenvalue weighted by Crippen LogP contribution is 2.15. The normalized spacial score (nSPS) is 14.2. The van der Waals surface area contributed by atoms with Crippen molar-refractivity contribution >= 4 is 11.8 Å². The van der Waals surface area contributed by atoms with Crippen LogP contribution in [0.2, 0.25) is 0 Å². The molecule has 1 aromatic heterocycles. The van der Waals surface area contributed by atoms with E-state index in [1.54, 1.807) is 23.2 Å². The molecule has 0 radical (unpaired) electrons. The fourth-order valence-electron chi connectivity index (χ4n) is 2.92. The summed E-state index contributed by atoms with van der Waals surface area (Å²) < 4.78 is 5.70. The molecule has 2 amide bonds. The van der Waals surface area contributed by atoms with E-state index in [9.17, 15) is 9.59 Å². The number of carbonyl (C=O) groups excluding carboxylic acids is 2. The molecule has 2 heterocycles. The zero-order valence-electron chi connectivity index (χ0n) is 14.9. The highest BCUT2D eigenvalue weighted by Gasteiger charge is 2.24. The fourth-order valence-corrected chi connectivity index (χ4v) is 2.92. The van der Waals surface area contributed by atoms with Gasteiger partial charge in [0.1, 0.15) is 6.61 Å². The van der Waals surface area contributed by atoms with Crippen LogP contribution in [0.15, 0.2) is 48.7 Å². The van der Waals surface area contributed by atoms with E-state index < -0.39 is 0 Å². The number of piperazine rings is 1.